The highest BCUT2D eigenvalue weighted by atomic mass is 32.2. The predicted octanol–water partition coefficient (Wildman–Crippen LogP) is 2.84. The van der Waals surface area contributed by atoms with Crippen LogP contribution in [0.15, 0.2) is 0 Å². The molecular formula is C7H14S2. The lowest BCUT2D eigenvalue weighted by molar-refractivity contribution is 1.00. The van der Waals surface area contributed by atoms with E-state index in [2.05, 4.69) is 18.7 Å². The van der Waals surface area contributed by atoms with Gasteiger partial charge in [0.25, 0.3) is 0 Å². The van der Waals surface area contributed by atoms with Crippen molar-refractivity contribution in [3.8, 4) is 0 Å². The maximum atomic E-state index is 2.22. The molecular weight excluding hydrogens is 148 g/mol. The Kier molecular flexibility index (Phi) is 3.91. The molecule has 0 aromatic carbocycles. The van der Waals surface area contributed by atoms with Crippen LogP contribution >= 0.6 is 23.5 Å². The monoisotopic (exact) mass is 162 g/mol. The second-order valence-corrected chi connectivity index (χ2v) is 5.09. The van der Waals surface area contributed by atoms with Gasteiger partial charge in [0.15, 0.2) is 0 Å². The molecule has 54 valence electrons. The largest absolute Gasteiger partial charge is 0.151 e. The van der Waals surface area contributed by atoms with Gasteiger partial charge < -0.3 is 0 Å². The molecule has 2 heteroatoms. The van der Waals surface area contributed by atoms with Crippen molar-refractivity contribution in [1.29, 1.82) is 0 Å². The highest BCUT2D eigenvalue weighted by Crippen LogP contribution is 2.33. The van der Waals surface area contributed by atoms with Gasteiger partial charge in [-0.25, -0.2) is 0 Å². The Morgan fingerprint density at radius 2 is 2.11 bits per heavy atom. The lowest BCUT2D eigenvalue weighted by Crippen LogP contribution is -1.80. The maximum Gasteiger partial charge on any atom is 0.0392 e. The van der Waals surface area contributed by atoms with Crippen LogP contribution in [0.5, 0.6) is 0 Å². The van der Waals surface area contributed by atoms with Crippen LogP contribution in [0.4, 0.5) is 0 Å². The molecule has 9 heavy (non-hydrogen) atoms. The first-order valence-corrected chi connectivity index (χ1v) is 5.90. The zero-order valence-corrected chi connectivity index (χ0v) is 7.56. The maximum absolute atomic E-state index is 2.22. The molecule has 0 aromatic heterocycles. The molecule has 0 amide bonds. The topological polar surface area (TPSA) is 0 Å². The van der Waals surface area contributed by atoms with E-state index in [1.165, 1.54) is 29.4 Å². The quantitative estimate of drug-likeness (QED) is 0.450. The van der Waals surface area contributed by atoms with E-state index in [0.717, 1.165) is 5.92 Å². The summed E-state index contributed by atoms with van der Waals surface area (Å²) >= 11 is 4.15. The Hall–Kier alpha value is 0.700. The molecule has 1 fully saturated rings. The van der Waals surface area contributed by atoms with E-state index in [1.54, 1.807) is 0 Å². The molecule has 0 radical (unpaired) electrons. The van der Waals surface area contributed by atoms with E-state index < -0.39 is 0 Å². The molecule has 1 aliphatic carbocycles. The second-order valence-electron chi connectivity index (χ2n) is 2.42. The van der Waals surface area contributed by atoms with Crippen molar-refractivity contribution < 1.29 is 0 Å². The summed E-state index contributed by atoms with van der Waals surface area (Å²) in [6.45, 7) is 2.22. The fourth-order valence-corrected chi connectivity index (χ4v) is 2.83. The Morgan fingerprint density at radius 1 is 1.33 bits per heavy atom. The zero-order valence-electron chi connectivity index (χ0n) is 5.93. The molecule has 0 bridgehead atoms. The first-order chi connectivity index (χ1) is 4.43. The molecule has 1 aliphatic rings. The van der Waals surface area contributed by atoms with Gasteiger partial charge in [-0.3, -0.25) is 0 Å². The molecule has 0 aliphatic heterocycles. The fraction of sp³-hybridized carbons (Fsp3) is 1.00. The Labute approximate surface area is 66.2 Å². The summed E-state index contributed by atoms with van der Waals surface area (Å²) < 4.78 is 0. The SMILES string of the molecule is CCSCSCC1CC1. The van der Waals surface area contributed by atoms with Gasteiger partial charge in [-0.15, -0.1) is 0 Å². The molecule has 0 nitrogen and oxygen atoms in total. The Morgan fingerprint density at radius 3 is 2.67 bits per heavy atom. The van der Waals surface area contributed by atoms with E-state index in [4.69, 9.17) is 0 Å². The van der Waals surface area contributed by atoms with Crippen molar-refractivity contribution in [2.24, 2.45) is 5.92 Å². The minimum absolute atomic E-state index is 1.10. The summed E-state index contributed by atoms with van der Waals surface area (Å²) in [6, 6.07) is 0. The lowest BCUT2D eigenvalue weighted by atomic mass is 10.5. The standard InChI is InChI=1S/C7H14S2/c1-2-8-6-9-5-7-3-4-7/h7H,2-6H2,1H3. The summed E-state index contributed by atoms with van der Waals surface area (Å²) in [5, 5.41) is 1.31. The molecule has 1 saturated carbocycles. The second kappa shape index (κ2) is 4.51. The summed E-state index contributed by atoms with van der Waals surface area (Å²) in [5.41, 5.74) is 0. The Balaban J connectivity index is 1.71. The normalized spacial score (nSPS) is 18.3. The number of hydrogen-bond acceptors (Lipinski definition) is 2. The van der Waals surface area contributed by atoms with Gasteiger partial charge in [0.05, 0.1) is 0 Å². The van der Waals surface area contributed by atoms with Crippen molar-refractivity contribution in [3.05, 3.63) is 0 Å². The highest BCUT2D eigenvalue weighted by Gasteiger charge is 2.20. The molecule has 0 unspecified atom stereocenters. The van der Waals surface area contributed by atoms with Crippen LogP contribution in [0.3, 0.4) is 0 Å². The zero-order chi connectivity index (χ0) is 6.53. The predicted molar refractivity (Wildman–Crippen MR) is 48.2 cm³/mol. The average molecular weight is 162 g/mol. The molecule has 0 spiro atoms. The van der Waals surface area contributed by atoms with Gasteiger partial charge in [-0.05, 0) is 30.3 Å². The number of thioether (sulfide) groups is 2. The average Bonchev–Trinajstić information content (AvgIpc) is 2.63. The van der Waals surface area contributed by atoms with Crippen molar-refractivity contribution in [3.63, 3.8) is 0 Å². The van der Waals surface area contributed by atoms with Crippen molar-refractivity contribution in [2.45, 2.75) is 19.8 Å². The van der Waals surface area contributed by atoms with Crippen molar-refractivity contribution in [2.75, 3.05) is 16.6 Å². The molecule has 1 rings (SSSR count). The number of hydrogen-bond donors (Lipinski definition) is 0. The van der Waals surface area contributed by atoms with Gasteiger partial charge in [-0.2, -0.15) is 23.5 Å². The third-order valence-corrected chi connectivity index (χ3v) is 3.87. The molecule has 0 saturated heterocycles. The van der Waals surface area contributed by atoms with Crippen LogP contribution in [0.1, 0.15) is 19.8 Å². The third kappa shape index (κ3) is 4.15. The first kappa shape index (κ1) is 7.80. The fourth-order valence-electron chi connectivity index (χ4n) is 0.642. The van der Waals surface area contributed by atoms with Gasteiger partial charge >= 0.3 is 0 Å². The summed E-state index contributed by atoms with van der Waals surface area (Å²) in [5.74, 6) is 3.80. The van der Waals surface area contributed by atoms with Crippen molar-refractivity contribution in [1.82, 2.24) is 0 Å². The minimum Gasteiger partial charge on any atom is -0.151 e. The van der Waals surface area contributed by atoms with Gasteiger partial charge in [-0.1, -0.05) is 6.92 Å². The third-order valence-electron chi connectivity index (χ3n) is 1.42. The van der Waals surface area contributed by atoms with Crippen molar-refractivity contribution >= 4 is 23.5 Å². The van der Waals surface area contributed by atoms with Gasteiger partial charge in [0.1, 0.15) is 0 Å². The summed E-state index contributed by atoms with van der Waals surface area (Å²) in [7, 11) is 0. The van der Waals surface area contributed by atoms with E-state index in [0.29, 0.717) is 0 Å². The smallest absolute Gasteiger partial charge is 0.0392 e. The van der Waals surface area contributed by atoms with Crippen LogP contribution in [0.25, 0.3) is 0 Å². The van der Waals surface area contributed by atoms with Crippen LogP contribution in [0.2, 0.25) is 0 Å². The van der Waals surface area contributed by atoms with Crippen LogP contribution in [-0.4, -0.2) is 16.6 Å². The van der Waals surface area contributed by atoms with Gasteiger partial charge in [0, 0.05) is 5.08 Å². The lowest BCUT2D eigenvalue weighted by Gasteiger charge is -1.95. The summed E-state index contributed by atoms with van der Waals surface area (Å²) in [6.07, 6.45) is 3.01. The van der Waals surface area contributed by atoms with Crippen LogP contribution < -0.4 is 0 Å². The van der Waals surface area contributed by atoms with E-state index >= 15 is 0 Å². The highest BCUT2D eigenvalue weighted by molar-refractivity contribution is 8.15. The number of rotatable bonds is 5. The van der Waals surface area contributed by atoms with E-state index in [-0.39, 0.29) is 0 Å². The first-order valence-electron chi connectivity index (χ1n) is 3.59. The molecule has 0 atom stereocenters. The molecule has 0 N–H and O–H groups in total. The van der Waals surface area contributed by atoms with E-state index in [9.17, 15) is 0 Å². The summed E-state index contributed by atoms with van der Waals surface area (Å²) in [4.78, 5) is 0. The van der Waals surface area contributed by atoms with Crippen LogP contribution in [0, 0.1) is 5.92 Å². The van der Waals surface area contributed by atoms with Crippen LogP contribution in [-0.2, 0) is 0 Å². The minimum atomic E-state index is 1.10. The van der Waals surface area contributed by atoms with E-state index in [1.807, 2.05) is 11.8 Å². The Bertz CT molecular complexity index is 69.3. The molecule has 0 heterocycles. The van der Waals surface area contributed by atoms with Gasteiger partial charge in [0.2, 0.25) is 0 Å². The molecule has 0 aromatic rings.